The highest BCUT2D eigenvalue weighted by atomic mass is 16.3. The number of nitrogens with zero attached hydrogens (tertiary/aromatic N) is 4. The molecular formula is C21H20N6O5. The lowest BCUT2D eigenvalue weighted by Gasteiger charge is -2.13. The molecule has 0 saturated carbocycles. The standard InChI is InChI=1S/C21H20N6O5/c1-2-25-13-22-18-17(25)20(30)27(21(31)26(18)10-14-6-4-3-5-7-14)11-16(28)23-24-19(29)15-8-9-32-12-15/h3-9,12-13H,2,10-11H2,1H3,(H,23,28)(H,24,29). The van der Waals surface area contributed by atoms with Gasteiger partial charge in [-0.3, -0.25) is 29.8 Å². The van der Waals surface area contributed by atoms with Crippen LogP contribution in [0.15, 0.2) is 69.3 Å². The van der Waals surface area contributed by atoms with E-state index in [1.807, 2.05) is 37.3 Å². The maximum absolute atomic E-state index is 13.2. The molecule has 0 unspecified atom stereocenters. The summed E-state index contributed by atoms with van der Waals surface area (Å²) in [6, 6.07) is 10.7. The van der Waals surface area contributed by atoms with Gasteiger partial charge in [-0.25, -0.2) is 14.3 Å². The summed E-state index contributed by atoms with van der Waals surface area (Å²) in [5.41, 5.74) is 4.62. The first-order valence-electron chi connectivity index (χ1n) is 9.83. The Kier molecular flexibility index (Phi) is 5.71. The Balaban J connectivity index is 1.67. The monoisotopic (exact) mass is 436 g/mol. The Morgan fingerprint density at radius 2 is 1.84 bits per heavy atom. The number of imidazole rings is 1. The van der Waals surface area contributed by atoms with E-state index in [9.17, 15) is 19.2 Å². The topological polar surface area (TPSA) is 133 Å². The minimum atomic E-state index is -0.741. The summed E-state index contributed by atoms with van der Waals surface area (Å²) in [6.45, 7) is 1.90. The molecule has 11 heteroatoms. The second-order valence-electron chi connectivity index (χ2n) is 6.96. The van der Waals surface area contributed by atoms with Crippen molar-refractivity contribution in [2.45, 2.75) is 26.6 Å². The molecule has 4 aromatic rings. The van der Waals surface area contributed by atoms with Crippen LogP contribution in [0.2, 0.25) is 0 Å². The zero-order valence-electron chi connectivity index (χ0n) is 17.1. The van der Waals surface area contributed by atoms with Gasteiger partial charge in [-0.2, -0.15) is 0 Å². The smallest absolute Gasteiger partial charge is 0.333 e. The predicted molar refractivity (Wildman–Crippen MR) is 114 cm³/mol. The molecule has 0 bridgehead atoms. The summed E-state index contributed by atoms with van der Waals surface area (Å²) in [5.74, 6) is -1.34. The first-order valence-corrected chi connectivity index (χ1v) is 9.83. The highest BCUT2D eigenvalue weighted by molar-refractivity contribution is 5.94. The van der Waals surface area contributed by atoms with Gasteiger partial charge >= 0.3 is 5.69 Å². The molecule has 0 saturated heterocycles. The van der Waals surface area contributed by atoms with Gasteiger partial charge < -0.3 is 8.98 Å². The van der Waals surface area contributed by atoms with Crippen LogP contribution in [0, 0.1) is 0 Å². The van der Waals surface area contributed by atoms with E-state index in [0.29, 0.717) is 6.54 Å². The van der Waals surface area contributed by atoms with Gasteiger partial charge in [0.25, 0.3) is 17.4 Å². The maximum Gasteiger partial charge on any atom is 0.333 e. The van der Waals surface area contributed by atoms with Gasteiger partial charge in [0.1, 0.15) is 12.8 Å². The number of hydrogen-bond donors (Lipinski definition) is 2. The van der Waals surface area contributed by atoms with Crippen LogP contribution in [0.4, 0.5) is 0 Å². The number of aryl methyl sites for hydroxylation is 1. The van der Waals surface area contributed by atoms with Gasteiger partial charge in [-0.1, -0.05) is 30.3 Å². The third-order valence-corrected chi connectivity index (χ3v) is 4.91. The quantitative estimate of drug-likeness (QED) is 0.423. The van der Waals surface area contributed by atoms with Crippen LogP contribution in [0.25, 0.3) is 11.2 Å². The molecule has 3 heterocycles. The summed E-state index contributed by atoms with van der Waals surface area (Å²) < 4.78 is 8.62. The molecule has 0 aliphatic carbocycles. The summed E-state index contributed by atoms with van der Waals surface area (Å²) >= 11 is 0. The number of rotatable bonds is 6. The van der Waals surface area contributed by atoms with E-state index >= 15 is 0 Å². The molecule has 11 nitrogen and oxygen atoms in total. The van der Waals surface area contributed by atoms with Crippen molar-refractivity contribution < 1.29 is 14.0 Å². The van der Waals surface area contributed by atoms with Crippen molar-refractivity contribution in [1.29, 1.82) is 0 Å². The van der Waals surface area contributed by atoms with Crippen LogP contribution >= 0.6 is 0 Å². The van der Waals surface area contributed by atoms with Gasteiger partial charge in [0, 0.05) is 6.54 Å². The summed E-state index contributed by atoms with van der Waals surface area (Å²) in [7, 11) is 0. The molecule has 2 amide bonds. The van der Waals surface area contributed by atoms with E-state index < -0.39 is 29.6 Å². The third-order valence-electron chi connectivity index (χ3n) is 4.91. The Labute approximate surface area is 180 Å². The minimum Gasteiger partial charge on any atom is -0.472 e. The first kappa shape index (κ1) is 20.8. The van der Waals surface area contributed by atoms with E-state index in [0.717, 1.165) is 10.1 Å². The first-order chi connectivity index (χ1) is 15.5. The Bertz CT molecular complexity index is 1380. The van der Waals surface area contributed by atoms with E-state index in [1.54, 1.807) is 4.57 Å². The lowest BCUT2D eigenvalue weighted by Crippen LogP contribution is -2.48. The molecule has 0 aliphatic heterocycles. The number of furan rings is 1. The molecule has 32 heavy (non-hydrogen) atoms. The fraction of sp³-hybridized carbons (Fsp3) is 0.190. The number of carbonyl (C=O) groups excluding carboxylic acids is 2. The molecule has 1 aromatic carbocycles. The number of aromatic nitrogens is 4. The van der Waals surface area contributed by atoms with Crippen LogP contribution in [0.5, 0.6) is 0 Å². The van der Waals surface area contributed by atoms with Crippen LogP contribution in [-0.2, 0) is 24.4 Å². The average molecular weight is 436 g/mol. The fourth-order valence-electron chi connectivity index (χ4n) is 3.30. The number of carbonyl (C=O) groups is 2. The second-order valence-corrected chi connectivity index (χ2v) is 6.96. The van der Waals surface area contributed by atoms with Crippen molar-refractivity contribution >= 4 is 23.0 Å². The van der Waals surface area contributed by atoms with Crippen LogP contribution < -0.4 is 22.1 Å². The highest BCUT2D eigenvalue weighted by Gasteiger charge is 2.20. The van der Waals surface area contributed by atoms with E-state index in [1.165, 1.54) is 29.5 Å². The highest BCUT2D eigenvalue weighted by Crippen LogP contribution is 2.09. The SMILES string of the molecule is CCn1cnc2c1c(=O)n(CC(=O)NNC(=O)c1ccoc1)c(=O)n2Cc1ccccc1. The summed E-state index contributed by atoms with van der Waals surface area (Å²) in [6.07, 6.45) is 4.02. The zero-order valence-corrected chi connectivity index (χ0v) is 17.1. The van der Waals surface area contributed by atoms with Gasteiger partial charge in [-0.15, -0.1) is 0 Å². The van der Waals surface area contributed by atoms with Crippen molar-refractivity contribution in [3.05, 3.63) is 87.2 Å². The molecule has 0 atom stereocenters. The van der Waals surface area contributed by atoms with E-state index in [2.05, 4.69) is 15.8 Å². The van der Waals surface area contributed by atoms with Crippen LogP contribution in [-0.4, -0.2) is 30.5 Å². The van der Waals surface area contributed by atoms with Crippen molar-refractivity contribution in [2.75, 3.05) is 0 Å². The normalized spacial score (nSPS) is 10.9. The Morgan fingerprint density at radius 3 is 2.53 bits per heavy atom. The van der Waals surface area contributed by atoms with Gasteiger partial charge in [0.2, 0.25) is 0 Å². The van der Waals surface area contributed by atoms with E-state index in [4.69, 9.17) is 4.42 Å². The van der Waals surface area contributed by atoms with Crippen molar-refractivity contribution in [3.8, 4) is 0 Å². The number of nitrogens with one attached hydrogen (secondary N) is 2. The molecular weight excluding hydrogens is 416 g/mol. The number of hydrogen-bond acceptors (Lipinski definition) is 6. The third kappa shape index (κ3) is 3.95. The van der Waals surface area contributed by atoms with Crippen molar-refractivity contribution in [2.24, 2.45) is 0 Å². The zero-order chi connectivity index (χ0) is 22.7. The van der Waals surface area contributed by atoms with Crippen LogP contribution in [0.1, 0.15) is 22.8 Å². The lowest BCUT2D eigenvalue weighted by atomic mass is 10.2. The molecule has 0 aliphatic rings. The van der Waals surface area contributed by atoms with Crippen molar-refractivity contribution in [1.82, 2.24) is 29.5 Å². The van der Waals surface area contributed by atoms with Crippen LogP contribution in [0.3, 0.4) is 0 Å². The lowest BCUT2D eigenvalue weighted by molar-refractivity contribution is -0.122. The second kappa shape index (κ2) is 8.76. The number of hydrazine groups is 1. The van der Waals surface area contributed by atoms with Crippen molar-refractivity contribution in [3.63, 3.8) is 0 Å². The summed E-state index contributed by atoms with van der Waals surface area (Å²) in [4.78, 5) is 54.8. The number of amides is 2. The van der Waals surface area contributed by atoms with E-state index in [-0.39, 0.29) is 23.3 Å². The molecule has 3 aromatic heterocycles. The molecule has 4 rings (SSSR count). The fourth-order valence-corrected chi connectivity index (χ4v) is 3.30. The Hall–Kier alpha value is -4.41. The molecule has 2 N–H and O–H groups in total. The van der Waals surface area contributed by atoms with Gasteiger partial charge in [0.05, 0.1) is 24.7 Å². The van der Waals surface area contributed by atoms with Gasteiger partial charge in [-0.05, 0) is 18.6 Å². The molecule has 0 spiro atoms. The predicted octanol–water partition coefficient (Wildman–Crippen LogP) is 0.482. The average Bonchev–Trinajstić information content (AvgIpc) is 3.49. The Morgan fingerprint density at radius 1 is 1.06 bits per heavy atom. The number of fused-ring (bicyclic) bond motifs is 1. The number of benzene rings is 1. The molecule has 164 valence electrons. The molecule has 0 radical (unpaired) electrons. The maximum atomic E-state index is 13.2. The molecule has 0 fully saturated rings. The summed E-state index contributed by atoms with van der Waals surface area (Å²) in [5, 5.41) is 0. The largest absolute Gasteiger partial charge is 0.472 e. The minimum absolute atomic E-state index is 0.177. The van der Waals surface area contributed by atoms with Gasteiger partial charge in [0.15, 0.2) is 11.2 Å².